The Bertz CT molecular complexity index is 803. The molecule has 4 aromatic rings. The number of fused-ring (bicyclic) bond motifs is 3. The van der Waals surface area contributed by atoms with E-state index in [1.165, 1.54) is 32.7 Å². The summed E-state index contributed by atoms with van der Waals surface area (Å²) in [5, 5.41) is 5.37. The zero-order valence-corrected chi connectivity index (χ0v) is 11.5. The van der Waals surface area contributed by atoms with Gasteiger partial charge in [-0.15, -0.1) is 0 Å². The predicted octanol–water partition coefficient (Wildman–Crippen LogP) is 2.38. The second kappa shape index (κ2) is 5.25. The topological polar surface area (TPSA) is 0 Å². The first-order valence-corrected chi connectivity index (χ1v) is 6.57. The van der Waals surface area contributed by atoms with Crippen molar-refractivity contribution in [3.8, 4) is 11.1 Å². The molecule has 0 heterocycles. The summed E-state index contributed by atoms with van der Waals surface area (Å²) in [6.45, 7) is 0. The standard InChI is InChI=1S/C19H13.Li/c1-2-8-14(9-3-1)19-17-12-6-4-10-15(17)16-11-5-7-13-18(16)19;/h1-13H;/q-1;+1. The van der Waals surface area contributed by atoms with Gasteiger partial charge in [-0.25, -0.2) is 0 Å². The Kier molecular flexibility index (Phi) is 3.45. The molecular formula is C19H13Li. The number of hydrogen-bond donors (Lipinski definition) is 0. The first-order chi connectivity index (χ1) is 9.45. The quantitative estimate of drug-likeness (QED) is 0.358. The molecule has 0 N–H and O–H groups in total. The van der Waals surface area contributed by atoms with E-state index in [-0.39, 0.29) is 18.9 Å². The molecule has 0 amide bonds. The molecular weight excluding hydrogens is 235 g/mol. The molecule has 0 aliphatic heterocycles. The van der Waals surface area contributed by atoms with Crippen molar-refractivity contribution in [3.05, 3.63) is 78.9 Å². The van der Waals surface area contributed by atoms with Crippen LogP contribution in [0.2, 0.25) is 0 Å². The third kappa shape index (κ3) is 1.90. The molecule has 0 aliphatic carbocycles. The third-order valence-electron chi connectivity index (χ3n) is 3.75. The molecule has 4 rings (SSSR count). The third-order valence-corrected chi connectivity index (χ3v) is 3.75. The van der Waals surface area contributed by atoms with Gasteiger partial charge < -0.3 is 0 Å². The van der Waals surface area contributed by atoms with E-state index in [1.807, 2.05) is 0 Å². The van der Waals surface area contributed by atoms with Crippen molar-refractivity contribution in [2.24, 2.45) is 0 Å². The van der Waals surface area contributed by atoms with Gasteiger partial charge in [0.15, 0.2) is 0 Å². The van der Waals surface area contributed by atoms with E-state index in [4.69, 9.17) is 0 Å². The molecule has 0 saturated carbocycles. The summed E-state index contributed by atoms with van der Waals surface area (Å²) in [4.78, 5) is 0. The van der Waals surface area contributed by atoms with Crippen LogP contribution < -0.4 is 18.9 Å². The van der Waals surface area contributed by atoms with Crippen molar-refractivity contribution in [3.63, 3.8) is 0 Å². The first-order valence-electron chi connectivity index (χ1n) is 6.57. The van der Waals surface area contributed by atoms with Crippen LogP contribution in [-0.2, 0) is 0 Å². The van der Waals surface area contributed by atoms with Gasteiger partial charge in [0.2, 0.25) is 0 Å². The van der Waals surface area contributed by atoms with Gasteiger partial charge in [0.05, 0.1) is 0 Å². The maximum Gasteiger partial charge on any atom is 1.00 e. The van der Waals surface area contributed by atoms with Crippen molar-refractivity contribution in [1.29, 1.82) is 0 Å². The van der Waals surface area contributed by atoms with E-state index in [0.29, 0.717) is 0 Å². The summed E-state index contributed by atoms with van der Waals surface area (Å²) in [6, 6.07) is 28.0. The van der Waals surface area contributed by atoms with Gasteiger partial charge in [-0.3, -0.25) is 0 Å². The largest absolute Gasteiger partial charge is 1.00 e. The van der Waals surface area contributed by atoms with Crippen LogP contribution in [0.4, 0.5) is 0 Å². The van der Waals surface area contributed by atoms with Crippen LogP contribution in [0.25, 0.3) is 32.7 Å². The van der Waals surface area contributed by atoms with E-state index in [1.54, 1.807) is 0 Å². The van der Waals surface area contributed by atoms with E-state index in [2.05, 4.69) is 78.9 Å². The van der Waals surface area contributed by atoms with E-state index >= 15 is 0 Å². The normalized spacial score (nSPS) is 10.6. The van der Waals surface area contributed by atoms with Gasteiger partial charge in [-0.2, -0.15) is 0 Å². The second-order valence-electron chi connectivity index (χ2n) is 4.83. The Hall–Kier alpha value is -1.87. The maximum absolute atomic E-state index is 2.22. The van der Waals surface area contributed by atoms with Crippen LogP contribution in [0.5, 0.6) is 0 Å². The minimum absolute atomic E-state index is 0. The maximum atomic E-state index is 2.22. The van der Waals surface area contributed by atoms with Gasteiger partial charge in [-0.05, 0) is 0 Å². The van der Waals surface area contributed by atoms with Crippen LogP contribution in [0.15, 0.2) is 78.9 Å². The fourth-order valence-corrected chi connectivity index (χ4v) is 2.93. The minimum atomic E-state index is 0. The van der Waals surface area contributed by atoms with Crippen molar-refractivity contribution in [2.45, 2.75) is 0 Å². The molecule has 0 aromatic heterocycles. The first kappa shape index (κ1) is 13.1. The Morgan fingerprint density at radius 3 is 1.50 bits per heavy atom. The molecule has 0 atom stereocenters. The zero-order chi connectivity index (χ0) is 12.7. The molecule has 0 fully saturated rings. The summed E-state index contributed by atoms with van der Waals surface area (Å²) in [5.41, 5.74) is 2.65. The van der Waals surface area contributed by atoms with E-state index < -0.39 is 0 Å². The number of rotatable bonds is 1. The van der Waals surface area contributed by atoms with Crippen molar-refractivity contribution in [2.75, 3.05) is 0 Å². The molecule has 0 radical (unpaired) electrons. The Labute approximate surface area is 130 Å². The smallest absolute Gasteiger partial charge is 0.0999 e. The molecule has 20 heavy (non-hydrogen) atoms. The van der Waals surface area contributed by atoms with Gasteiger partial charge in [0, 0.05) is 0 Å². The zero-order valence-electron chi connectivity index (χ0n) is 11.5. The van der Waals surface area contributed by atoms with Crippen LogP contribution in [0.3, 0.4) is 0 Å². The van der Waals surface area contributed by atoms with Crippen LogP contribution in [-0.4, -0.2) is 0 Å². The van der Waals surface area contributed by atoms with Gasteiger partial charge >= 0.3 is 18.9 Å². The second-order valence-corrected chi connectivity index (χ2v) is 4.83. The van der Waals surface area contributed by atoms with Crippen molar-refractivity contribution >= 4 is 21.5 Å². The summed E-state index contributed by atoms with van der Waals surface area (Å²) in [6.07, 6.45) is 0. The molecule has 0 bridgehead atoms. The van der Waals surface area contributed by atoms with Crippen LogP contribution in [0.1, 0.15) is 0 Å². The summed E-state index contributed by atoms with van der Waals surface area (Å²) in [7, 11) is 0. The monoisotopic (exact) mass is 248 g/mol. The van der Waals surface area contributed by atoms with Gasteiger partial charge in [-0.1, -0.05) is 112 Å². The van der Waals surface area contributed by atoms with Gasteiger partial charge in [0.1, 0.15) is 0 Å². The Morgan fingerprint density at radius 2 is 0.950 bits per heavy atom. The Morgan fingerprint density at radius 1 is 0.500 bits per heavy atom. The van der Waals surface area contributed by atoms with E-state index in [0.717, 1.165) is 0 Å². The molecule has 0 aliphatic rings. The fraction of sp³-hybridized carbons (Fsp3) is 0. The van der Waals surface area contributed by atoms with E-state index in [9.17, 15) is 0 Å². The van der Waals surface area contributed by atoms with Crippen molar-refractivity contribution < 1.29 is 18.9 Å². The SMILES string of the molecule is [Li+].c1ccc(-[c-]2c3ccccc3c3ccccc32)cc1. The molecule has 0 saturated heterocycles. The predicted molar refractivity (Wildman–Crippen MR) is 82.5 cm³/mol. The summed E-state index contributed by atoms with van der Waals surface area (Å²) < 4.78 is 0. The minimum Gasteiger partial charge on any atom is -0.0999 e. The molecule has 0 spiro atoms. The fourth-order valence-electron chi connectivity index (χ4n) is 2.93. The molecule has 0 unspecified atom stereocenters. The van der Waals surface area contributed by atoms with Crippen LogP contribution in [0, 0.1) is 0 Å². The molecule has 0 nitrogen and oxygen atoms in total. The van der Waals surface area contributed by atoms with Crippen molar-refractivity contribution in [1.82, 2.24) is 0 Å². The summed E-state index contributed by atoms with van der Waals surface area (Å²) in [5.74, 6) is 0. The van der Waals surface area contributed by atoms with Gasteiger partial charge in [0.25, 0.3) is 0 Å². The number of hydrogen-bond acceptors (Lipinski definition) is 0. The average molecular weight is 248 g/mol. The molecule has 4 aromatic carbocycles. The molecule has 90 valence electrons. The number of benzene rings is 3. The summed E-state index contributed by atoms with van der Waals surface area (Å²) >= 11 is 0. The Balaban J connectivity index is 0.00000121. The average Bonchev–Trinajstić information content (AvgIpc) is 2.83. The molecule has 1 heteroatoms. The van der Waals surface area contributed by atoms with Crippen LogP contribution >= 0.6 is 0 Å².